The highest BCUT2D eigenvalue weighted by atomic mass is 79.9. The van der Waals surface area contributed by atoms with Crippen LogP contribution in [0.1, 0.15) is 17.1 Å². The second-order valence-corrected chi connectivity index (χ2v) is 15.8. The Morgan fingerprint density at radius 1 is 0.429 bits per heavy atom. The van der Waals surface area contributed by atoms with Crippen molar-refractivity contribution in [1.29, 1.82) is 0 Å². The van der Waals surface area contributed by atoms with E-state index in [0.717, 1.165) is 5.56 Å². The minimum atomic E-state index is -1.14. The van der Waals surface area contributed by atoms with Gasteiger partial charge in [0.15, 0.2) is 0 Å². The van der Waals surface area contributed by atoms with Crippen LogP contribution in [0, 0.1) is 79.7 Å². The number of aryl methyl sites for hydroxylation is 3. The molecule has 0 unspecified atom stereocenters. The third kappa shape index (κ3) is 10.4. The Morgan fingerprint density at radius 2 is 0.757 bits per heavy atom. The fourth-order valence-electron chi connectivity index (χ4n) is 7.56. The van der Waals surface area contributed by atoms with Gasteiger partial charge in [0.1, 0.15) is 57.0 Å². The van der Waals surface area contributed by atoms with Crippen LogP contribution in [0.4, 0.5) is 45.3 Å². The van der Waals surface area contributed by atoms with Gasteiger partial charge in [0.05, 0.1) is 33.8 Å². The summed E-state index contributed by atoms with van der Waals surface area (Å²) >= 11 is 3.20. The maximum Gasteiger partial charge on any atom is 0.304 e. The van der Waals surface area contributed by atoms with Crippen LogP contribution in [0.15, 0.2) is 137 Å². The van der Waals surface area contributed by atoms with E-state index in [2.05, 4.69) is 51.4 Å². The lowest BCUT2D eigenvalue weighted by molar-refractivity contribution is 0.546. The van der Waals surface area contributed by atoms with Crippen molar-refractivity contribution in [2.24, 2.45) is 0 Å². The molecule has 70 heavy (non-hydrogen) atoms. The van der Waals surface area contributed by atoms with E-state index in [1.807, 2.05) is 18.2 Å². The molecule has 0 radical (unpaired) electrons. The molecule has 0 saturated carbocycles. The average molecular weight is 1020 g/mol. The molecule has 18 heteroatoms. The molecule has 0 fully saturated rings. The Hall–Kier alpha value is -8.30. The Kier molecular flexibility index (Phi) is 15.1. The Balaban J connectivity index is 0.000000155. The van der Waals surface area contributed by atoms with Crippen molar-refractivity contribution in [3.63, 3.8) is 0 Å². The zero-order chi connectivity index (χ0) is 50.4. The largest absolute Gasteiger partial charge is 0.358 e. The van der Waals surface area contributed by atoms with Gasteiger partial charge in [-0.25, -0.2) is 44.6 Å². The van der Waals surface area contributed by atoms with Gasteiger partial charge in [-0.1, -0.05) is 103 Å². The fraction of sp³-hybridized carbons (Fsp3) is 0.0577. The number of benzene rings is 6. The van der Waals surface area contributed by atoms with Gasteiger partial charge in [0, 0.05) is 69.8 Å². The molecule has 9 aromatic rings. The van der Waals surface area contributed by atoms with Crippen molar-refractivity contribution in [1.82, 2.24) is 30.6 Å². The molecule has 6 aromatic carbocycles. The summed E-state index contributed by atoms with van der Waals surface area (Å²) in [6.07, 6.45) is 0. The molecule has 0 aliphatic carbocycles. The highest BCUT2D eigenvalue weighted by Gasteiger charge is 2.27. The SMILES string of the molecule is Cc1n[nH]c(=O)c(-c2c(F)cc(F)cc2F)c1-c1ccccc1.Cc1nnc(Br)c(-c2c(F)cc(F)cc2F)c1-c1ccccc1.[C-]#[N+]c1nnc(C)c(-c2ccccc2)c1-c1c(F)cc(F)cc1F. The lowest BCUT2D eigenvalue weighted by Crippen LogP contribution is -2.16. The van der Waals surface area contributed by atoms with Gasteiger partial charge in [-0.3, -0.25) is 4.79 Å². The molecular weight excluding hydrogens is 990 g/mol. The third-order valence-corrected chi connectivity index (χ3v) is 11.0. The molecule has 0 aliphatic rings. The Morgan fingerprint density at radius 3 is 1.14 bits per heavy atom. The van der Waals surface area contributed by atoms with Gasteiger partial charge in [-0.2, -0.15) is 10.2 Å². The zero-order valence-corrected chi connectivity index (χ0v) is 38.1. The van der Waals surface area contributed by atoms with Crippen LogP contribution in [0.25, 0.3) is 71.6 Å². The van der Waals surface area contributed by atoms with Crippen molar-refractivity contribution in [2.75, 3.05) is 0 Å². The highest BCUT2D eigenvalue weighted by Crippen LogP contribution is 2.43. The van der Waals surface area contributed by atoms with Crippen LogP contribution in [0.5, 0.6) is 0 Å². The highest BCUT2D eigenvalue weighted by molar-refractivity contribution is 9.10. The number of aromatic amines is 1. The van der Waals surface area contributed by atoms with E-state index < -0.39 is 69.0 Å². The van der Waals surface area contributed by atoms with Gasteiger partial charge in [0.2, 0.25) is 0 Å². The van der Waals surface area contributed by atoms with Crippen LogP contribution >= 0.6 is 15.9 Å². The topological polar surface area (TPSA) is 102 Å². The number of halogens is 10. The van der Waals surface area contributed by atoms with E-state index >= 15 is 0 Å². The van der Waals surface area contributed by atoms with Gasteiger partial charge in [0.25, 0.3) is 5.56 Å². The van der Waals surface area contributed by atoms with E-state index in [1.54, 1.807) is 93.6 Å². The quantitative estimate of drug-likeness (QED) is 0.131. The molecule has 1 N–H and O–H groups in total. The molecule has 3 heterocycles. The summed E-state index contributed by atoms with van der Waals surface area (Å²) in [5.41, 5.74) is 2.32. The molecule has 3 aromatic heterocycles. The summed E-state index contributed by atoms with van der Waals surface area (Å²) in [6.45, 7) is 12.2. The van der Waals surface area contributed by atoms with Crippen LogP contribution in [-0.4, -0.2) is 30.6 Å². The standard InChI is InChI=1S/C18H10F3N3.C17H10BrF3N2.C17H11F3N2O/c1-10-15(11-6-4-3-5-7-11)17(18(22-2)24-23-10)16-13(20)8-12(19)9-14(16)21;1-9-14(10-5-3-2-4-6-10)16(17(18)23-22-9)15-12(20)7-11(19)8-13(15)21;1-9-14(10-5-3-2-4-6-10)16(17(23)22-21-9)15-12(19)7-11(18)8-13(15)20/h3-9H,1H3;2-8H,1H3;2-8H,1H3,(H,22,23). The first kappa shape index (κ1) is 49.6. The monoisotopic (exact) mass is 1020 g/mol. The molecule has 9 rings (SSSR count). The number of rotatable bonds is 6. The second kappa shape index (κ2) is 21.3. The molecule has 0 atom stereocenters. The van der Waals surface area contributed by atoms with Gasteiger partial charge >= 0.3 is 5.82 Å². The first-order valence-electron chi connectivity index (χ1n) is 20.5. The maximum atomic E-state index is 14.3. The summed E-state index contributed by atoms with van der Waals surface area (Å²) in [5, 5.41) is 21.6. The maximum absolute atomic E-state index is 14.3. The van der Waals surface area contributed by atoms with Crippen molar-refractivity contribution in [3.05, 3.63) is 223 Å². The van der Waals surface area contributed by atoms with Crippen molar-refractivity contribution in [3.8, 4) is 66.8 Å². The lowest BCUT2D eigenvalue weighted by Gasteiger charge is -2.15. The van der Waals surface area contributed by atoms with E-state index in [-0.39, 0.29) is 32.7 Å². The zero-order valence-electron chi connectivity index (χ0n) is 36.5. The summed E-state index contributed by atoms with van der Waals surface area (Å²) < 4.78 is 125. The molecule has 0 spiro atoms. The predicted molar refractivity (Wildman–Crippen MR) is 249 cm³/mol. The lowest BCUT2D eigenvalue weighted by atomic mass is 9.93. The van der Waals surface area contributed by atoms with Crippen molar-refractivity contribution in [2.45, 2.75) is 20.8 Å². The number of nitrogens with one attached hydrogen (secondary N) is 1. The summed E-state index contributed by atoms with van der Waals surface area (Å²) in [7, 11) is 0. The average Bonchev–Trinajstić information content (AvgIpc) is 3.32. The van der Waals surface area contributed by atoms with E-state index in [9.17, 15) is 44.3 Å². The van der Waals surface area contributed by atoms with E-state index in [0.29, 0.717) is 81.3 Å². The first-order chi connectivity index (χ1) is 33.5. The Labute approximate surface area is 401 Å². The summed E-state index contributed by atoms with van der Waals surface area (Å²) in [6, 6.07) is 30.0. The fourth-order valence-corrected chi connectivity index (χ4v) is 8.03. The minimum absolute atomic E-state index is 0.0290. The summed E-state index contributed by atoms with van der Waals surface area (Å²) in [5.74, 6) is -9.76. The Bertz CT molecular complexity index is 3450. The van der Waals surface area contributed by atoms with Crippen LogP contribution in [-0.2, 0) is 0 Å². The molecule has 350 valence electrons. The van der Waals surface area contributed by atoms with E-state index in [4.69, 9.17) is 6.57 Å². The van der Waals surface area contributed by atoms with Gasteiger partial charge in [-0.15, -0.1) is 5.10 Å². The van der Waals surface area contributed by atoms with E-state index in [1.165, 1.54) is 0 Å². The predicted octanol–water partition coefficient (Wildman–Crippen LogP) is 14.2. The van der Waals surface area contributed by atoms with Crippen LogP contribution in [0.2, 0.25) is 0 Å². The van der Waals surface area contributed by atoms with Crippen LogP contribution in [0.3, 0.4) is 0 Å². The normalized spacial score (nSPS) is 10.7. The molecular formula is C52H31BrF9N7O. The van der Waals surface area contributed by atoms with Gasteiger partial charge < -0.3 is 4.85 Å². The molecule has 0 saturated heterocycles. The van der Waals surface area contributed by atoms with Crippen molar-refractivity contribution >= 4 is 21.7 Å². The van der Waals surface area contributed by atoms with Crippen molar-refractivity contribution < 1.29 is 39.5 Å². The first-order valence-corrected chi connectivity index (χ1v) is 21.3. The number of aromatic nitrogens is 6. The summed E-state index contributed by atoms with van der Waals surface area (Å²) in [4.78, 5) is 15.4. The van der Waals surface area contributed by atoms with Gasteiger partial charge in [-0.05, 0) is 58.5 Å². The number of H-pyrrole nitrogens is 1. The smallest absolute Gasteiger partial charge is 0.304 e. The molecule has 0 aliphatic heterocycles. The number of hydrogen-bond acceptors (Lipinski definition) is 6. The molecule has 0 amide bonds. The van der Waals surface area contributed by atoms with Crippen LogP contribution < -0.4 is 5.56 Å². The number of nitrogens with zero attached hydrogens (tertiary/aromatic N) is 6. The number of hydrogen-bond donors (Lipinski definition) is 1. The molecule has 8 nitrogen and oxygen atoms in total. The minimum Gasteiger partial charge on any atom is -0.358 e. The molecule has 0 bridgehead atoms. The third-order valence-electron chi connectivity index (χ3n) is 10.5. The second-order valence-electron chi connectivity index (χ2n) is 15.0.